The number of benzene rings is 1. The zero-order valence-electron chi connectivity index (χ0n) is 13.2. The molecule has 1 aliphatic rings. The Morgan fingerprint density at radius 1 is 1.46 bits per heavy atom. The third kappa shape index (κ3) is 3.27. The molecule has 7 heteroatoms. The molecule has 0 saturated carbocycles. The second-order valence-electron chi connectivity index (χ2n) is 5.51. The van der Waals surface area contributed by atoms with E-state index in [1.165, 1.54) is 18.4 Å². The number of carbonyl (C=O) groups is 2. The number of carbonyl (C=O) groups excluding carboxylic acids is 2. The number of nitrogens with zero attached hydrogens (tertiary/aromatic N) is 1. The lowest BCUT2D eigenvalue weighted by Gasteiger charge is -2.17. The molecule has 2 N–H and O–H groups in total. The highest BCUT2D eigenvalue weighted by Crippen LogP contribution is 2.31. The van der Waals surface area contributed by atoms with Gasteiger partial charge in [-0.2, -0.15) is 0 Å². The van der Waals surface area contributed by atoms with Crippen LogP contribution in [-0.2, 0) is 16.1 Å². The van der Waals surface area contributed by atoms with Crippen LogP contribution in [0.2, 0.25) is 0 Å². The van der Waals surface area contributed by atoms with Crippen molar-refractivity contribution in [1.82, 2.24) is 5.32 Å². The lowest BCUT2D eigenvalue weighted by molar-refractivity contribution is -0.118. The number of rotatable bonds is 5. The first kappa shape index (κ1) is 16.5. The van der Waals surface area contributed by atoms with E-state index in [1.807, 2.05) is 6.07 Å². The van der Waals surface area contributed by atoms with Gasteiger partial charge in [0, 0.05) is 13.1 Å². The molecule has 0 spiro atoms. The standard InChI is InChI=1S/C17H18N2O4S/c1-23-17(22)13-6-8-24-16(13)19-7-5-14(15(19)21)18-10-11-3-2-4-12(20)9-11/h2-4,6,8-9,14,18,20H,5,7,10H2,1H3/t14-/m1/s1. The molecule has 2 aromatic rings. The maximum absolute atomic E-state index is 12.6. The SMILES string of the molecule is COC(=O)c1ccsc1N1CC[C@@H](NCc2cccc(O)c2)C1=O. The van der Waals surface area contributed by atoms with E-state index in [9.17, 15) is 14.7 Å². The number of anilines is 1. The van der Waals surface area contributed by atoms with Crippen LogP contribution < -0.4 is 10.2 Å². The Morgan fingerprint density at radius 2 is 2.29 bits per heavy atom. The van der Waals surface area contributed by atoms with Gasteiger partial charge in [-0.05, 0) is 35.6 Å². The highest BCUT2D eigenvalue weighted by atomic mass is 32.1. The van der Waals surface area contributed by atoms with Gasteiger partial charge in [0.2, 0.25) is 5.91 Å². The van der Waals surface area contributed by atoms with E-state index < -0.39 is 5.97 Å². The predicted octanol–water partition coefficient (Wildman–Crippen LogP) is 2.14. The number of hydrogen-bond acceptors (Lipinski definition) is 6. The Labute approximate surface area is 143 Å². The van der Waals surface area contributed by atoms with Crippen LogP contribution >= 0.6 is 11.3 Å². The molecular formula is C17H18N2O4S. The minimum absolute atomic E-state index is 0.0530. The van der Waals surface area contributed by atoms with Crippen molar-refractivity contribution in [3.8, 4) is 5.75 Å². The van der Waals surface area contributed by atoms with Gasteiger partial charge in [0.05, 0.1) is 18.7 Å². The number of thiophene rings is 1. The van der Waals surface area contributed by atoms with Crippen molar-refractivity contribution < 1.29 is 19.4 Å². The number of ether oxygens (including phenoxy) is 1. The second-order valence-corrected chi connectivity index (χ2v) is 6.41. The number of phenols is 1. The summed E-state index contributed by atoms with van der Waals surface area (Å²) >= 11 is 1.36. The molecule has 2 heterocycles. The van der Waals surface area contributed by atoms with Gasteiger partial charge in [-0.3, -0.25) is 4.79 Å². The summed E-state index contributed by atoms with van der Waals surface area (Å²) in [5, 5.41) is 15.1. The van der Waals surface area contributed by atoms with E-state index in [1.54, 1.807) is 34.5 Å². The van der Waals surface area contributed by atoms with E-state index in [4.69, 9.17) is 4.74 Å². The molecule has 0 unspecified atom stereocenters. The molecule has 0 aliphatic carbocycles. The molecule has 3 rings (SSSR count). The Hall–Kier alpha value is -2.38. The van der Waals surface area contributed by atoms with Gasteiger partial charge in [-0.25, -0.2) is 4.79 Å². The molecule has 1 saturated heterocycles. The maximum Gasteiger partial charge on any atom is 0.340 e. The number of phenolic OH excluding ortho intramolecular Hbond substituents is 1. The third-order valence-corrected chi connectivity index (χ3v) is 4.90. The lowest BCUT2D eigenvalue weighted by Crippen LogP contribution is -2.38. The topological polar surface area (TPSA) is 78.9 Å². The fraction of sp³-hybridized carbons (Fsp3) is 0.294. The number of aromatic hydroxyl groups is 1. The monoisotopic (exact) mass is 346 g/mol. The quantitative estimate of drug-likeness (QED) is 0.811. The van der Waals surface area contributed by atoms with Crippen LogP contribution in [-0.4, -0.2) is 36.7 Å². The fourth-order valence-corrected chi connectivity index (χ4v) is 3.67. The molecule has 1 aromatic heterocycles. The highest BCUT2D eigenvalue weighted by molar-refractivity contribution is 7.14. The maximum atomic E-state index is 12.6. The van der Waals surface area contributed by atoms with Gasteiger partial charge in [0.15, 0.2) is 0 Å². The molecule has 1 amide bonds. The van der Waals surface area contributed by atoms with E-state index in [2.05, 4.69) is 5.32 Å². The molecule has 1 aromatic carbocycles. The first-order chi connectivity index (χ1) is 11.6. The molecule has 0 bridgehead atoms. The Bertz CT molecular complexity index is 759. The van der Waals surface area contributed by atoms with Crippen molar-refractivity contribution in [3.63, 3.8) is 0 Å². The molecular weight excluding hydrogens is 328 g/mol. The van der Waals surface area contributed by atoms with Crippen molar-refractivity contribution in [1.29, 1.82) is 0 Å². The Balaban J connectivity index is 1.67. The van der Waals surface area contributed by atoms with Crippen LogP contribution in [0.5, 0.6) is 5.75 Å². The highest BCUT2D eigenvalue weighted by Gasteiger charge is 2.34. The van der Waals surface area contributed by atoms with Crippen LogP contribution in [0.1, 0.15) is 22.3 Å². The van der Waals surface area contributed by atoms with E-state index >= 15 is 0 Å². The van der Waals surface area contributed by atoms with E-state index in [0.717, 1.165) is 5.56 Å². The van der Waals surface area contributed by atoms with Crippen molar-refractivity contribution in [2.45, 2.75) is 19.0 Å². The first-order valence-electron chi connectivity index (χ1n) is 7.58. The van der Waals surface area contributed by atoms with Gasteiger partial charge in [-0.15, -0.1) is 11.3 Å². The smallest absolute Gasteiger partial charge is 0.340 e. The fourth-order valence-electron chi connectivity index (χ4n) is 2.75. The number of amides is 1. The summed E-state index contributed by atoms with van der Waals surface area (Å²) in [5.41, 5.74) is 1.33. The van der Waals surface area contributed by atoms with Crippen LogP contribution in [0.3, 0.4) is 0 Å². The zero-order valence-corrected chi connectivity index (χ0v) is 14.0. The van der Waals surface area contributed by atoms with Crippen LogP contribution in [0, 0.1) is 0 Å². The second kappa shape index (κ2) is 7.02. The average Bonchev–Trinajstić information content (AvgIpc) is 3.19. The number of hydrogen-bond donors (Lipinski definition) is 2. The van der Waals surface area contributed by atoms with Gasteiger partial charge >= 0.3 is 5.97 Å². The average molecular weight is 346 g/mol. The van der Waals surface area contributed by atoms with Gasteiger partial charge < -0.3 is 20.1 Å². The Kier molecular flexibility index (Phi) is 4.82. The molecule has 0 radical (unpaired) electrons. The normalized spacial score (nSPS) is 17.3. The van der Waals surface area contributed by atoms with Gasteiger partial charge in [-0.1, -0.05) is 12.1 Å². The largest absolute Gasteiger partial charge is 0.508 e. The van der Waals surface area contributed by atoms with Crippen molar-refractivity contribution in [3.05, 3.63) is 46.8 Å². The molecule has 1 aliphatic heterocycles. The number of nitrogens with one attached hydrogen (secondary N) is 1. The minimum Gasteiger partial charge on any atom is -0.508 e. The third-order valence-electron chi connectivity index (χ3n) is 3.96. The van der Waals surface area contributed by atoms with E-state index in [0.29, 0.717) is 30.1 Å². The lowest BCUT2D eigenvalue weighted by atomic mass is 10.2. The van der Waals surface area contributed by atoms with Crippen LogP contribution in [0.4, 0.5) is 5.00 Å². The summed E-state index contributed by atoms with van der Waals surface area (Å²) in [6.45, 7) is 1.05. The van der Waals surface area contributed by atoms with Crippen LogP contribution in [0.15, 0.2) is 35.7 Å². The van der Waals surface area contributed by atoms with Crippen LogP contribution in [0.25, 0.3) is 0 Å². The molecule has 24 heavy (non-hydrogen) atoms. The summed E-state index contributed by atoms with van der Waals surface area (Å²) in [4.78, 5) is 26.0. The summed E-state index contributed by atoms with van der Waals surface area (Å²) in [6, 6.07) is 8.30. The molecule has 6 nitrogen and oxygen atoms in total. The molecule has 126 valence electrons. The summed E-state index contributed by atoms with van der Waals surface area (Å²) < 4.78 is 4.76. The van der Waals surface area contributed by atoms with Crippen molar-refractivity contribution in [2.75, 3.05) is 18.6 Å². The Morgan fingerprint density at radius 3 is 3.04 bits per heavy atom. The molecule has 1 fully saturated rings. The summed E-state index contributed by atoms with van der Waals surface area (Å²) in [5.74, 6) is -0.284. The molecule has 1 atom stereocenters. The van der Waals surface area contributed by atoms with Gasteiger partial charge in [0.1, 0.15) is 10.8 Å². The van der Waals surface area contributed by atoms with Crippen molar-refractivity contribution in [2.24, 2.45) is 0 Å². The minimum atomic E-state index is -0.435. The first-order valence-corrected chi connectivity index (χ1v) is 8.46. The zero-order chi connectivity index (χ0) is 17.1. The summed E-state index contributed by atoms with van der Waals surface area (Å²) in [6.07, 6.45) is 0.663. The number of methoxy groups -OCH3 is 1. The van der Waals surface area contributed by atoms with E-state index in [-0.39, 0.29) is 17.7 Å². The number of esters is 1. The van der Waals surface area contributed by atoms with Crippen molar-refractivity contribution >= 4 is 28.2 Å². The summed E-state index contributed by atoms with van der Waals surface area (Å²) in [7, 11) is 1.33. The van der Waals surface area contributed by atoms with Gasteiger partial charge in [0.25, 0.3) is 0 Å². The predicted molar refractivity (Wildman–Crippen MR) is 91.4 cm³/mol.